The number of hydrogen-bond acceptors (Lipinski definition) is 2. The summed E-state index contributed by atoms with van der Waals surface area (Å²) in [5.41, 5.74) is 24.5. The van der Waals surface area contributed by atoms with E-state index in [0.29, 0.717) is 30.9 Å². The number of halogens is 2. The van der Waals surface area contributed by atoms with Gasteiger partial charge >= 0.3 is 384 Å². The molecular formula is C58H70Cl2O2SiZr. The van der Waals surface area contributed by atoms with Crippen molar-refractivity contribution >= 4 is 53.5 Å². The Morgan fingerprint density at radius 3 is 1.06 bits per heavy atom. The standard InChI is InChI=1S/2C28H31O.C2H6Si.2ClH.Zr/c2*1-16(2)21-11-22(17(3)4)13-25(12-21)28-20(7)18(5)10-23-14-24(15-26(23)28)27-9-8-19(6)29-27;1-3-2;;;/h2*8-17H,1-7H3;1-2H3;2*1H;. The Balaban J connectivity index is 0.00000340. The Morgan fingerprint density at radius 1 is 0.469 bits per heavy atom. The Kier molecular flexibility index (Phi) is 15.2. The molecule has 2 atom stereocenters. The Morgan fingerprint density at radius 2 is 0.797 bits per heavy atom. The summed E-state index contributed by atoms with van der Waals surface area (Å²) >= 11 is -2.78. The van der Waals surface area contributed by atoms with E-state index in [0.717, 1.165) is 23.0 Å². The van der Waals surface area contributed by atoms with Crippen molar-refractivity contribution in [3.63, 3.8) is 0 Å². The molecule has 6 aromatic rings. The van der Waals surface area contributed by atoms with Crippen LogP contribution in [0.3, 0.4) is 0 Å². The van der Waals surface area contributed by atoms with E-state index in [1.807, 2.05) is 0 Å². The maximum atomic E-state index is 6.73. The largest absolute Gasteiger partial charge is 0.147 e. The van der Waals surface area contributed by atoms with Gasteiger partial charge in [0.25, 0.3) is 0 Å². The third-order valence-electron chi connectivity index (χ3n) is 14.1. The molecule has 0 radical (unpaired) electrons. The first-order valence-corrected chi connectivity index (χ1v) is 32.2. The molecule has 0 saturated carbocycles. The van der Waals surface area contributed by atoms with Crippen molar-refractivity contribution in [2.24, 2.45) is 0 Å². The van der Waals surface area contributed by atoms with Crippen LogP contribution in [0.5, 0.6) is 0 Å². The van der Waals surface area contributed by atoms with Gasteiger partial charge in [-0.1, -0.05) is 0 Å². The fourth-order valence-electron chi connectivity index (χ4n) is 10.3. The molecule has 2 aliphatic rings. The van der Waals surface area contributed by atoms with Crippen LogP contribution in [0.25, 0.3) is 45.6 Å². The first kappa shape index (κ1) is 50.0. The maximum Gasteiger partial charge on any atom is -0.147 e. The number of aryl methyl sites for hydroxylation is 4. The molecule has 64 heavy (non-hydrogen) atoms. The average Bonchev–Trinajstić information content (AvgIpc) is 4.01. The van der Waals surface area contributed by atoms with Gasteiger partial charge in [-0.2, -0.15) is 0 Å². The van der Waals surface area contributed by atoms with Crippen LogP contribution in [0.1, 0.15) is 176 Å². The number of hydrogen-bond donors (Lipinski definition) is 0. The molecule has 2 heterocycles. The summed E-state index contributed by atoms with van der Waals surface area (Å²) in [6, 6.07) is 28.9. The van der Waals surface area contributed by atoms with Gasteiger partial charge in [0.05, 0.1) is 0 Å². The van der Waals surface area contributed by atoms with Gasteiger partial charge in [-0.3, -0.25) is 0 Å². The first-order chi connectivity index (χ1) is 29.3. The second-order valence-electron chi connectivity index (χ2n) is 20.1. The minimum atomic E-state index is -2.78. The minimum Gasteiger partial charge on any atom is -0.147 e. The molecule has 2 aliphatic carbocycles. The van der Waals surface area contributed by atoms with Crippen molar-refractivity contribution in [2.75, 3.05) is 0 Å². The van der Waals surface area contributed by atoms with Crippen LogP contribution >= 0.6 is 24.8 Å². The molecule has 0 saturated heterocycles. The van der Waals surface area contributed by atoms with Crippen LogP contribution < -0.4 is 0 Å². The summed E-state index contributed by atoms with van der Waals surface area (Å²) < 4.78 is 14.1. The summed E-state index contributed by atoms with van der Waals surface area (Å²) in [4.78, 5) is 0. The van der Waals surface area contributed by atoms with E-state index < -0.39 is 25.8 Å². The summed E-state index contributed by atoms with van der Waals surface area (Å²) in [5.74, 6) is 5.79. The van der Waals surface area contributed by atoms with Crippen molar-refractivity contribution in [2.45, 2.75) is 141 Å². The summed E-state index contributed by atoms with van der Waals surface area (Å²) in [6.07, 6.45) is 5.16. The van der Waals surface area contributed by atoms with Crippen molar-refractivity contribution in [1.29, 1.82) is 0 Å². The van der Waals surface area contributed by atoms with Crippen LogP contribution in [0, 0.1) is 41.5 Å². The van der Waals surface area contributed by atoms with Gasteiger partial charge in [0, 0.05) is 0 Å². The zero-order valence-electron chi connectivity index (χ0n) is 41.2. The van der Waals surface area contributed by atoms with Crippen molar-refractivity contribution in [3.8, 4) is 22.3 Å². The van der Waals surface area contributed by atoms with Crippen LogP contribution in [0.4, 0.5) is 0 Å². The van der Waals surface area contributed by atoms with E-state index >= 15 is 0 Å². The predicted molar refractivity (Wildman–Crippen MR) is 279 cm³/mol. The Labute approximate surface area is 405 Å². The first-order valence-electron chi connectivity index (χ1n) is 23.2. The van der Waals surface area contributed by atoms with E-state index in [2.05, 4.69) is 195 Å². The molecule has 0 N–H and O–H groups in total. The SMILES string of the molecule is Cc1ccc(C2=Cc3c(cc(C)c(C)c3-c3cc(C(C)C)cc(C(C)C)c3)[CH]2[Zr]([CH]2C(c3ccc(C)o3)=Cc3c2cc(C)c(C)c3-c2cc(C(C)C)cc(C(C)C)c2)=[Si](C)C)o1.Cl.Cl. The van der Waals surface area contributed by atoms with Gasteiger partial charge in [-0.15, -0.1) is 24.8 Å². The molecule has 0 amide bonds. The molecule has 6 heteroatoms. The minimum absolute atomic E-state index is 0. The fourth-order valence-corrected chi connectivity index (χ4v) is 30.0. The Bertz CT molecular complexity index is 2620. The molecule has 336 valence electrons. The number of rotatable bonds is 10. The van der Waals surface area contributed by atoms with Gasteiger partial charge < -0.3 is 0 Å². The second kappa shape index (κ2) is 19.4. The number of benzene rings is 4. The van der Waals surface area contributed by atoms with Gasteiger partial charge in [-0.05, 0) is 0 Å². The molecule has 8 rings (SSSR count). The molecule has 0 bridgehead atoms. The molecular weight excluding hydrogens is 919 g/mol. The van der Waals surface area contributed by atoms with Gasteiger partial charge in [0.15, 0.2) is 0 Å². The third-order valence-corrected chi connectivity index (χ3v) is 33.3. The molecule has 4 aromatic carbocycles. The average molecular weight is 989 g/mol. The van der Waals surface area contributed by atoms with Gasteiger partial charge in [0.1, 0.15) is 0 Å². The van der Waals surface area contributed by atoms with Crippen molar-refractivity contribution in [1.82, 2.24) is 0 Å². The zero-order chi connectivity index (χ0) is 44.6. The fraction of sp³-hybridized carbons (Fsp3) is 0.379. The number of furan rings is 2. The normalized spacial score (nSPS) is 15.4. The van der Waals surface area contributed by atoms with Crippen LogP contribution in [-0.2, 0) is 20.4 Å². The van der Waals surface area contributed by atoms with E-state index in [-0.39, 0.29) is 24.8 Å². The summed E-state index contributed by atoms with van der Waals surface area (Å²) in [6.45, 7) is 37.5. The molecule has 0 spiro atoms. The maximum absolute atomic E-state index is 6.73. The molecule has 0 fully saturated rings. The molecule has 2 aromatic heterocycles. The summed E-state index contributed by atoms with van der Waals surface area (Å²) in [5, 5.41) is 0. The molecule has 2 unspecified atom stereocenters. The van der Waals surface area contributed by atoms with Crippen molar-refractivity contribution < 1.29 is 29.2 Å². The van der Waals surface area contributed by atoms with Crippen LogP contribution in [0.2, 0.25) is 13.1 Å². The predicted octanol–water partition coefficient (Wildman–Crippen LogP) is 18.2. The summed E-state index contributed by atoms with van der Waals surface area (Å²) in [7, 11) is 0. The smallest absolute Gasteiger partial charge is 0.147 e. The quantitative estimate of drug-likeness (QED) is 0.128. The molecule has 0 aliphatic heterocycles. The van der Waals surface area contributed by atoms with Crippen molar-refractivity contribution in [3.05, 3.63) is 163 Å². The molecule has 2 nitrogen and oxygen atoms in total. The third kappa shape index (κ3) is 9.05. The van der Waals surface area contributed by atoms with E-state index in [1.54, 1.807) is 0 Å². The number of fused-ring (bicyclic) bond motifs is 2. The van der Waals surface area contributed by atoms with Crippen LogP contribution in [-0.4, -0.2) is 5.43 Å². The zero-order valence-corrected chi connectivity index (χ0v) is 46.3. The van der Waals surface area contributed by atoms with Gasteiger partial charge in [-0.25, -0.2) is 0 Å². The van der Waals surface area contributed by atoms with E-state index in [1.165, 1.54) is 100 Å². The second-order valence-corrected chi connectivity index (χ2v) is 38.0. The topological polar surface area (TPSA) is 26.3 Å². The van der Waals surface area contributed by atoms with Crippen LogP contribution in [0.15, 0.2) is 81.6 Å². The number of allylic oxidation sites excluding steroid dienone is 2. The Hall–Kier alpha value is -3.40. The van der Waals surface area contributed by atoms with E-state index in [4.69, 9.17) is 8.83 Å². The van der Waals surface area contributed by atoms with Gasteiger partial charge in [0.2, 0.25) is 0 Å². The van der Waals surface area contributed by atoms with E-state index in [9.17, 15) is 0 Å². The monoisotopic (exact) mass is 986 g/mol.